The number of halogens is 1. The number of hydrogen-bond donors (Lipinski definition) is 0. The largest absolute Gasteiger partial charge is 0.0843 e. The van der Waals surface area contributed by atoms with E-state index in [1.807, 2.05) is 12.1 Å². The Bertz CT molecular complexity index is 1360. The van der Waals surface area contributed by atoms with Crippen LogP contribution in [0.15, 0.2) is 91.0 Å². The highest BCUT2D eigenvalue weighted by atomic mass is 35.5. The zero-order valence-corrected chi connectivity index (χ0v) is 18.7. The molecule has 0 heterocycles. The maximum atomic E-state index is 6.29. The lowest BCUT2D eigenvalue weighted by molar-refractivity contribution is 0.366. The van der Waals surface area contributed by atoms with Gasteiger partial charge >= 0.3 is 0 Å². The first-order chi connectivity index (χ1) is 15.8. The molecule has 0 radical (unpaired) electrons. The molecule has 0 nitrogen and oxygen atoms in total. The average Bonchev–Trinajstić information content (AvgIpc) is 3.54. The minimum Gasteiger partial charge on any atom is -0.0843 e. The molecule has 156 valence electrons. The highest BCUT2D eigenvalue weighted by molar-refractivity contribution is 6.30. The van der Waals surface area contributed by atoms with Crippen molar-refractivity contribution in [1.29, 1.82) is 0 Å². The number of hydrogen-bond acceptors (Lipinski definition) is 0. The number of benzene rings is 4. The van der Waals surface area contributed by atoms with Gasteiger partial charge in [0, 0.05) is 5.02 Å². The van der Waals surface area contributed by atoms with Crippen LogP contribution < -0.4 is 0 Å². The van der Waals surface area contributed by atoms with Gasteiger partial charge in [-0.2, -0.15) is 0 Å². The second-order valence-electron chi connectivity index (χ2n) is 9.79. The fraction of sp³-hybridized carbons (Fsp3) is 0.226. The van der Waals surface area contributed by atoms with Crippen LogP contribution in [0.3, 0.4) is 0 Å². The Morgan fingerprint density at radius 2 is 1.34 bits per heavy atom. The van der Waals surface area contributed by atoms with E-state index in [9.17, 15) is 0 Å². The van der Waals surface area contributed by atoms with Crippen LogP contribution >= 0.6 is 11.6 Å². The molecule has 3 aliphatic carbocycles. The van der Waals surface area contributed by atoms with E-state index in [0.717, 1.165) is 16.9 Å². The minimum atomic E-state index is 0.625. The first kappa shape index (κ1) is 18.7. The molecule has 0 N–H and O–H groups in total. The van der Waals surface area contributed by atoms with E-state index >= 15 is 0 Å². The van der Waals surface area contributed by atoms with Crippen molar-refractivity contribution >= 4 is 33.5 Å². The molecule has 0 unspecified atom stereocenters. The van der Waals surface area contributed by atoms with Crippen LogP contribution in [0.2, 0.25) is 5.02 Å². The van der Waals surface area contributed by atoms with Gasteiger partial charge in [0.1, 0.15) is 0 Å². The number of allylic oxidation sites excluding steroid dienone is 1. The number of rotatable bonds is 2. The van der Waals surface area contributed by atoms with Gasteiger partial charge in [0.2, 0.25) is 0 Å². The third-order valence-corrected chi connectivity index (χ3v) is 8.56. The van der Waals surface area contributed by atoms with E-state index < -0.39 is 0 Å². The molecule has 0 amide bonds. The van der Waals surface area contributed by atoms with Crippen LogP contribution in [0, 0.1) is 17.8 Å². The molecule has 2 saturated carbocycles. The Kier molecular flexibility index (Phi) is 4.14. The maximum absolute atomic E-state index is 6.29. The summed E-state index contributed by atoms with van der Waals surface area (Å²) in [6, 6.07) is 33.3. The smallest absolute Gasteiger partial charge is 0.0406 e. The molecule has 4 atom stereocenters. The molecule has 2 fully saturated rings. The number of fused-ring (bicyclic) bond motifs is 9. The summed E-state index contributed by atoms with van der Waals surface area (Å²) in [6.07, 6.45) is 4.16. The summed E-state index contributed by atoms with van der Waals surface area (Å²) in [5, 5.41) is 3.63. The van der Waals surface area contributed by atoms with Gasteiger partial charge in [-0.1, -0.05) is 90.5 Å². The van der Waals surface area contributed by atoms with Crippen LogP contribution in [0.5, 0.6) is 0 Å². The predicted molar refractivity (Wildman–Crippen MR) is 135 cm³/mol. The van der Waals surface area contributed by atoms with Gasteiger partial charge in [0.05, 0.1) is 0 Å². The molecule has 3 aliphatic rings. The molecule has 0 saturated heterocycles. The third kappa shape index (κ3) is 2.63. The van der Waals surface area contributed by atoms with Crippen molar-refractivity contribution in [3.05, 3.63) is 118 Å². The zero-order chi connectivity index (χ0) is 21.2. The van der Waals surface area contributed by atoms with Gasteiger partial charge in [0.15, 0.2) is 0 Å². The quantitative estimate of drug-likeness (QED) is 0.297. The van der Waals surface area contributed by atoms with Crippen molar-refractivity contribution in [1.82, 2.24) is 0 Å². The zero-order valence-electron chi connectivity index (χ0n) is 18.0. The molecule has 0 spiro atoms. The van der Waals surface area contributed by atoms with Crippen LogP contribution in [-0.4, -0.2) is 0 Å². The molecule has 0 aliphatic heterocycles. The first-order valence-electron chi connectivity index (χ1n) is 11.9. The van der Waals surface area contributed by atoms with Gasteiger partial charge in [-0.15, -0.1) is 0 Å². The Labute approximate surface area is 194 Å². The second kappa shape index (κ2) is 7.09. The van der Waals surface area contributed by atoms with Gasteiger partial charge in [-0.05, 0) is 99.2 Å². The minimum absolute atomic E-state index is 0.625. The van der Waals surface area contributed by atoms with Gasteiger partial charge < -0.3 is 0 Å². The summed E-state index contributed by atoms with van der Waals surface area (Å²) in [5.41, 5.74) is 8.68. The fourth-order valence-electron chi connectivity index (χ4n) is 7.19. The van der Waals surface area contributed by atoms with E-state index in [1.165, 1.54) is 52.3 Å². The van der Waals surface area contributed by atoms with Crippen molar-refractivity contribution in [2.24, 2.45) is 17.8 Å². The van der Waals surface area contributed by atoms with Crippen LogP contribution in [0.4, 0.5) is 0 Å². The predicted octanol–water partition coefficient (Wildman–Crippen LogP) is 8.60. The molecule has 0 aromatic heterocycles. The Morgan fingerprint density at radius 1 is 0.656 bits per heavy atom. The maximum Gasteiger partial charge on any atom is 0.0406 e. The van der Waals surface area contributed by atoms with Crippen LogP contribution in [-0.2, 0) is 0 Å². The SMILES string of the molecule is Clc1ccc(/C(=C2/c3ccc4ccccc4c3[C@H]3[C@@H]4CC[C@@H](C4)[C@@H]23)c2ccccc2)cc1. The Hall–Kier alpha value is -2.83. The van der Waals surface area contributed by atoms with Gasteiger partial charge in [-0.25, -0.2) is 0 Å². The summed E-state index contributed by atoms with van der Waals surface area (Å²) in [7, 11) is 0. The third-order valence-electron chi connectivity index (χ3n) is 8.31. The fourth-order valence-corrected chi connectivity index (χ4v) is 7.32. The molecule has 1 heteroatoms. The monoisotopic (exact) mass is 432 g/mol. The van der Waals surface area contributed by atoms with Crippen molar-refractivity contribution < 1.29 is 0 Å². The summed E-state index contributed by atoms with van der Waals surface area (Å²) in [5.74, 6) is 2.92. The van der Waals surface area contributed by atoms with Gasteiger partial charge in [0.25, 0.3) is 0 Å². The van der Waals surface area contributed by atoms with Crippen LogP contribution in [0.25, 0.3) is 21.9 Å². The highest BCUT2D eigenvalue weighted by Crippen LogP contribution is 2.67. The highest BCUT2D eigenvalue weighted by Gasteiger charge is 2.54. The Morgan fingerprint density at radius 3 is 2.16 bits per heavy atom. The molecule has 32 heavy (non-hydrogen) atoms. The second-order valence-corrected chi connectivity index (χ2v) is 10.2. The van der Waals surface area contributed by atoms with Crippen molar-refractivity contribution in [3.8, 4) is 0 Å². The standard InChI is InChI=1S/C31H25Cl/c32-24-15-12-21(13-16-24)27(20-7-2-1-3-8-20)31-26-17-14-19-6-4-5-9-25(19)30(26)28-22-10-11-23(18-22)29(28)31/h1-9,12-17,22-23,28-29H,10-11,18H2/b31-27-/t22-,23+,28+,29-/m1/s1. The van der Waals surface area contributed by atoms with E-state index in [1.54, 1.807) is 11.1 Å². The molecule has 4 aromatic rings. The first-order valence-corrected chi connectivity index (χ1v) is 12.2. The Balaban J connectivity index is 1.59. The van der Waals surface area contributed by atoms with E-state index in [0.29, 0.717) is 11.8 Å². The normalized spacial score (nSPS) is 26.9. The van der Waals surface area contributed by atoms with Crippen molar-refractivity contribution in [2.75, 3.05) is 0 Å². The lowest BCUT2D eigenvalue weighted by Crippen LogP contribution is -2.17. The average molecular weight is 433 g/mol. The molecular formula is C31H25Cl. The van der Waals surface area contributed by atoms with Gasteiger partial charge in [-0.3, -0.25) is 0 Å². The summed E-state index contributed by atoms with van der Waals surface area (Å²) in [6.45, 7) is 0. The van der Waals surface area contributed by atoms with E-state index in [4.69, 9.17) is 11.6 Å². The topological polar surface area (TPSA) is 0 Å². The molecule has 7 rings (SSSR count). The molecule has 2 bridgehead atoms. The van der Waals surface area contributed by atoms with Crippen molar-refractivity contribution in [3.63, 3.8) is 0 Å². The molecule has 4 aromatic carbocycles. The van der Waals surface area contributed by atoms with E-state index in [2.05, 4.69) is 78.9 Å². The summed E-state index contributed by atoms with van der Waals surface area (Å²) >= 11 is 6.29. The summed E-state index contributed by atoms with van der Waals surface area (Å²) in [4.78, 5) is 0. The van der Waals surface area contributed by atoms with Crippen LogP contribution in [0.1, 0.15) is 47.4 Å². The summed E-state index contributed by atoms with van der Waals surface area (Å²) < 4.78 is 0. The lowest BCUT2D eigenvalue weighted by Gasteiger charge is -2.28. The molecular weight excluding hydrogens is 408 g/mol. The lowest BCUT2D eigenvalue weighted by atomic mass is 9.75. The van der Waals surface area contributed by atoms with E-state index in [-0.39, 0.29) is 0 Å². The van der Waals surface area contributed by atoms with Crippen molar-refractivity contribution in [2.45, 2.75) is 25.2 Å².